The first kappa shape index (κ1) is 15.7. The van der Waals surface area contributed by atoms with Gasteiger partial charge in [-0.1, -0.05) is 12.1 Å². The fraction of sp³-hybridized carbons (Fsp3) is 0.167. The Bertz CT molecular complexity index is 949. The van der Waals surface area contributed by atoms with Crippen LogP contribution in [-0.2, 0) is 13.1 Å². The first-order chi connectivity index (χ1) is 11.6. The normalized spacial score (nSPS) is 10.7. The number of pyridine rings is 2. The third-order valence-corrected chi connectivity index (χ3v) is 3.89. The van der Waals surface area contributed by atoms with Crippen molar-refractivity contribution >= 4 is 16.8 Å². The molecule has 2 heterocycles. The highest BCUT2D eigenvalue weighted by Gasteiger charge is 2.21. The monoisotopic (exact) mass is 323 g/mol. The van der Waals surface area contributed by atoms with Gasteiger partial charge in [0.25, 0.3) is 11.5 Å². The number of carbonyl (C=O) groups excluding carboxylic acids is 1. The van der Waals surface area contributed by atoms with E-state index in [0.29, 0.717) is 17.4 Å². The van der Waals surface area contributed by atoms with E-state index < -0.39 is 11.5 Å². The number of fused-ring (bicyclic) bond motifs is 1. The van der Waals surface area contributed by atoms with Crippen LogP contribution in [0.5, 0.6) is 5.75 Å². The number of aromatic nitrogens is 2. The third kappa shape index (κ3) is 2.74. The Morgan fingerprint density at radius 2 is 1.92 bits per heavy atom. The van der Waals surface area contributed by atoms with E-state index in [1.54, 1.807) is 48.8 Å². The molecule has 0 saturated heterocycles. The molecule has 3 rings (SSSR count). The molecular weight excluding hydrogens is 306 g/mol. The van der Waals surface area contributed by atoms with Crippen LogP contribution in [0.25, 0.3) is 10.9 Å². The lowest BCUT2D eigenvalue weighted by atomic mass is 10.1. The maximum atomic E-state index is 12.6. The van der Waals surface area contributed by atoms with E-state index in [1.807, 2.05) is 6.92 Å². The molecule has 2 N–H and O–H groups in total. The zero-order valence-corrected chi connectivity index (χ0v) is 13.2. The van der Waals surface area contributed by atoms with Gasteiger partial charge >= 0.3 is 0 Å². The molecule has 0 fully saturated rings. The fourth-order valence-electron chi connectivity index (χ4n) is 2.68. The summed E-state index contributed by atoms with van der Waals surface area (Å²) in [5, 5.41) is 13.6. The van der Waals surface area contributed by atoms with E-state index in [2.05, 4.69) is 10.3 Å². The standard InChI is InChI=1S/C18H17N3O3/c1-2-21-14-6-4-3-5-13(14)16(22)15(18(21)24)17(23)20-11-12-7-9-19-10-8-12/h3-10,22H,2,11H2,1H3,(H,20,23). The highest BCUT2D eigenvalue weighted by molar-refractivity contribution is 6.02. The van der Waals surface area contributed by atoms with Gasteiger partial charge < -0.3 is 15.0 Å². The van der Waals surface area contributed by atoms with E-state index >= 15 is 0 Å². The lowest BCUT2D eigenvalue weighted by molar-refractivity contribution is 0.0946. The van der Waals surface area contributed by atoms with Crippen molar-refractivity contribution in [1.82, 2.24) is 14.9 Å². The number of hydrogen-bond donors (Lipinski definition) is 2. The summed E-state index contributed by atoms with van der Waals surface area (Å²) in [6, 6.07) is 10.5. The molecule has 6 heteroatoms. The van der Waals surface area contributed by atoms with E-state index in [9.17, 15) is 14.7 Å². The maximum Gasteiger partial charge on any atom is 0.267 e. The van der Waals surface area contributed by atoms with Crippen LogP contribution < -0.4 is 10.9 Å². The van der Waals surface area contributed by atoms with Gasteiger partial charge in [0.2, 0.25) is 0 Å². The number of nitrogens with one attached hydrogen (secondary N) is 1. The molecule has 122 valence electrons. The second-order valence-electron chi connectivity index (χ2n) is 5.33. The van der Waals surface area contributed by atoms with Crippen LogP contribution in [0.3, 0.4) is 0 Å². The molecule has 0 atom stereocenters. The quantitative estimate of drug-likeness (QED) is 0.769. The molecule has 1 amide bonds. The number of aryl methyl sites for hydroxylation is 1. The van der Waals surface area contributed by atoms with Gasteiger partial charge in [-0.15, -0.1) is 0 Å². The molecule has 0 aliphatic heterocycles. The predicted octanol–water partition coefficient (Wildman–Crippen LogP) is 2.05. The summed E-state index contributed by atoms with van der Waals surface area (Å²) >= 11 is 0. The number of para-hydroxylation sites is 1. The number of nitrogens with zero attached hydrogens (tertiary/aromatic N) is 2. The lowest BCUT2D eigenvalue weighted by Crippen LogP contribution is -2.33. The molecule has 0 bridgehead atoms. The van der Waals surface area contributed by atoms with Crippen LogP contribution in [0, 0.1) is 0 Å². The Kier molecular flexibility index (Phi) is 4.29. The predicted molar refractivity (Wildman–Crippen MR) is 91.0 cm³/mol. The molecule has 6 nitrogen and oxygen atoms in total. The second kappa shape index (κ2) is 6.54. The molecule has 3 aromatic rings. The van der Waals surface area contributed by atoms with Crippen molar-refractivity contribution in [2.24, 2.45) is 0 Å². The SMILES string of the molecule is CCn1c(=O)c(C(=O)NCc2ccncc2)c(O)c2ccccc21. The molecule has 0 aliphatic rings. The van der Waals surface area contributed by atoms with Gasteiger partial charge in [-0.25, -0.2) is 0 Å². The van der Waals surface area contributed by atoms with E-state index in [0.717, 1.165) is 5.56 Å². The molecule has 2 aromatic heterocycles. The first-order valence-electron chi connectivity index (χ1n) is 7.65. The molecule has 0 spiro atoms. The van der Waals surface area contributed by atoms with E-state index in [-0.39, 0.29) is 17.9 Å². The van der Waals surface area contributed by atoms with Gasteiger partial charge in [-0.05, 0) is 36.8 Å². The van der Waals surface area contributed by atoms with Crippen molar-refractivity contribution in [1.29, 1.82) is 0 Å². The summed E-state index contributed by atoms with van der Waals surface area (Å²) in [6.07, 6.45) is 3.25. The van der Waals surface area contributed by atoms with Gasteiger partial charge in [0.1, 0.15) is 11.3 Å². The van der Waals surface area contributed by atoms with Crippen LogP contribution in [0.2, 0.25) is 0 Å². The first-order valence-corrected chi connectivity index (χ1v) is 7.65. The summed E-state index contributed by atoms with van der Waals surface area (Å²) in [4.78, 5) is 29.0. The Morgan fingerprint density at radius 1 is 1.21 bits per heavy atom. The minimum atomic E-state index is -0.595. The molecule has 24 heavy (non-hydrogen) atoms. The Balaban J connectivity index is 2.02. The van der Waals surface area contributed by atoms with Gasteiger partial charge in [0.05, 0.1) is 5.52 Å². The number of amides is 1. The molecule has 0 unspecified atom stereocenters. The lowest BCUT2D eigenvalue weighted by Gasteiger charge is -2.13. The van der Waals surface area contributed by atoms with Crippen LogP contribution >= 0.6 is 0 Å². The van der Waals surface area contributed by atoms with Crippen molar-refractivity contribution in [2.45, 2.75) is 20.0 Å². The number of rotatable bonds is 4. The summed E-state index contributed by atoms with van der Waals surface area (Å²) in [5.41, 5.74) is 0.730. The minimum Gasteiger partial charge on any atom is -0.506 e. The average Bonchev–Trinajstić information content (AvgIpc) is 2.61. The van der Waals surface area contributed by atoms with Crippen LogP contribution in [0.4, 0.5) is 0 Å². The molecular formula is C18H17N3O3. The van der Waals surface area contributed by atoms with Crippen LogP contribution in [-0.4, -0.2) is 20.6 Å². The Morgan fingerprint density at radius 3 is 2.62 bits per heavy atom. The molecule has 0 radical (unpaired) electrons. The molecule has 0 saturated carbocycles. The number of aromatic hydroxyl groups is 1. The average molecular weight is 323 g/mol. The third-order valence-electron chi connectivity index (χ3n) is 3.89. The van der Waals surface area contributed by atoms with E-state index in [4.69, 9.17) is 0 Å². The Labute approximate surface area is 138 Å². The zero-order chi connectivity index (χ0) is 17.1. The van der Waals surface area contributed by atoms with Crippen molar-refractivity contribution in [3.63, 3.8) is 0 Å². The minimum absolute atomic E-state index is 0.232. The van der Waals surface area contributed by atoms with Crippen LogP contribution in [0.1, 0.15) is 22.8 Å². The summed E-state index contributed by atoms with van der Waals surface area (Å²) in [5.74, 6) is -0.880. The van der Waals surface area contributed by atoms with Crippen molar-refractivity contribution < 1.29 is 9.90 Å². The van der Waals surface area contributed by atoms with Crippen molar-refractivity contribution in [3.05, 3.63) is 70.3 Å². The van der Waals surface area contributed by atoms with Gasteiger partial charge in [0, 0.05) is 30.9 Å². The van der Waals surface area contributed by atoms with Gasteiger partial charge in [0.15, 0.2) is 0 Å². The summed E-state index contributed by atoms with van der Waals surface area (Å²) < 4.78 is 1.48. The topological polar surface area (TPSA) is 84.2 Å². The molecule has 0 aliphatic carbocycles. The number of carbonyl (C=O) groups is 1. The van der Waals surface area contributed by atoms with E-state index in [1.165, 1.54) is 4.57 Å². The summed E-state index contributed by atoms with van der Waals surface area (Å²) in [6.45, 7) is 2.48. The smallest absolute Gasteiger partial charge is 0.267 e. The fourth-order valence-corrected chi connectivity index (χ4v) is 2.68. The molecule has 1 aromatic carbocycles. The number of hydrogen-bond acceptors (Lipinski definition) is 4. The largest absolute Gasteiger partial charge is 0.506 e. The summed E-state index contributed by atoms with van der Waals surface area (Å²) in [7, 11) is 0. The Hall–Kier alpha value is -3.15. The second-order valence-corrected chi connectivity index (χ2v) is 5.33. The zero-order valence-electron chi connectivity index (χ0n) is 13.2. The number of benzene rings is 1. The van der Waals surface area contributed by atoms with Crippen molar-refractivity contribution in [3.8, 4) is 5.75 Å². The van der Waals surface area contributed by atoms with Crippen molar-refractivity contribution in [2.75, 3.05) is 0 Å². The van der Waals surface area contributed by atoms with Crippen LogP contribution in [0.15, 0.2) is 53.6 Å². The van der Waals surface area contributed by atoms with Gasteiger partial charge in [-0.3, -0.25) is 14.6 Å². The van der Waals surface area contributed by atoms with Gasteiger partial charge in [-0.2, -0.15) is 0 Å². The highest BCUT2D eigenvalue weighted by atomic mass is 16.3. The maximum absolute atomic E-state index is 12.6. The highest BCUT2D eigenvalue weighted by Crippen LogP contribution is 2.26.